The van der Waals surface area contributed by atoms with Crippen molar-refractivity contribution >= 4 is 6.09 Å². The highest BCUT2D eigenvalue weighted by Crippen LogP contribution is 2.28. The molecule has 3 aromatic rings. The van der Waals surface area contributed by atoms with Crippen molar-refractivity contribution in [2.24, 2.45) is 11.1 Å². The van der Waals surface area contributed by atoms with Gasteiger partial charge in [0.25, 0.3) is 0 Å². The van der Waals surface area contributed by atoms with E-state index in [1.165, 1.54) is 12.1 Å². The molecule has 0 bridgehead atoms. The van der Waals surface area contributed by atoms with E-state index < -0.39 is 30.3 Å². The summed E-state index contributed by atoms with van der Waals surface area (Å²) in [5, 5.41) is 14.5. The molecule has 34 heavy (non-hydrogen) atoms. The van der Waals surface area contributed by atoms with Crippen molar-refractivity contribution in [2.45, 2.75) is 46.0 Å². The molecule has 0 spiro atoms. The lowest BCUT2D eigenvalue weighted by molar-refractivity contribution is -0.0510. The molecule has 0 saturated heterocycles. The monoisotopic (exact) mass is 478 g/mol. The Labute approximate surface area is 193 Å². The van der Waals surface area contributed by atoms with Crippen molar-refractivity contribution in [3.05, 3.63) is 48.5 Å². The molecule has 2 atom stereocenters. The molecule has 0 radical (unpaired) electrons. The van der Waals surface area contributed by atoms with Crippen LogP contribution in [0, 0.1) is 5.41 Å². The van der Waals surface area contributed by atoms with Gasteiger partial charge in [-0.15, -0.1) is 0 Å². The van der Waals surface area contributed by atoms with Crippen molar-refractivity contribution in [1.82, 2.24) is 15.1 Å². The number of alkyl halides is 2. The molecule has 3 N–H and O–H groups in total. The minimum Gasteiger partial charge on any atom is -0.443 e. The van der Waals surface area contributed by atoms with Crippen LogP contribution in [0.4, 0.5) is 13.6 Å². The molecule has 1 amide bonds. The molecule has 0 saturated carbocycles. The second-order valence-corrected chi connectivity index (χ2v) is 8.34. The number of pyridine rings is 1. The normalized spacial score (nSPS) is 13.4. The van der Waals surface area contributed by atoms with Gasteiger partial charge in [0.2, 0.25) is 17.6 Å². The van der Waals surface area contributed by atoms with Gasteiger partial charge in [-0.25, -0.2) is 9.78 Å². The van der Waals surface area contributed by atoms with Gasteiger partial charge < -0.3 is 29.6 Å². The Morgan fingerprint density at radius 2 is 1.97 bits per heavy atom. The van der Waals surface area contributed by atoms with Crippen molar-refractivity contribution in [1.29, 1.82) is 0 Å². The van der Waals surface area contributed by atoms with Crippen LogP contribution >= 0.6 is 0 Å². The zero-order chi connectivity index (χ0) is 24.9. The summed E-state index contributed by atoms with van der Waals surface area (Å²) in [7, 11) is 0. The molecule has 12 heteroatoms. The zero-order valence-corrected chi connectivity index (χ0v) is 18.6. The van der Waals surface area contributed by atoms with Crippen LogP contribution in [0.25, 0.3) is 11.4 Å². The third kappa shape index (κ3) is 6.85. The third-order valence-electron chi connectivity index (χ3n) is 4.60. The van der Waals surface area contributed by atoms with E-state index in [2.05, 4.69) is 19.9 Å². The molecule has 2 unspecified atom stereocenters. The van der Waals surface area contributed by atoms with E-state index in [0.29, 0.717) is 11.3 Å². The van der Waals surface area contributed by atoms with Crippen LogP contribution in [0.3, 0.4) is 0 Å². The largest absolute Gasteiger partial charge is 0.443 e. The van der Waals surface area contributed by atoms with Gasteiger partial charge in [-0.05, 0) is 23.6 Å². The Balaban J connectivity index is 1.72. The first-order chi connectivity index (χ1) is 16.0. The molecular weight excluding hydrogens is 454 g/mol. The summed E-state index contributed by atoms with van der Waals surface area (Å²) in [5.74, 6) is 0.821. The van der Waals surface area contributed by atoms with Gasteiger partial charge in [-0.2, -0.15) is 13.8 Å². The fraction of sp³-hybridized carbons (Fsp3) is 0.364. The van der Waals surface area contributed by atoms with Crippen molar-refractivity contribution in [2.75, 3.05) is 0 Å². The number of aliphatic hydroxyl groups excluding tert-OH is 1. The minimum atomic E-state index is -2.94. The first kappa shape index (κ1) is 24.8. The van der Waals surface area contributed by atoms with Crippen molar-refractivity contribution in [3.8, 4) is 28.8 Å². The van der Waals surface area contributed by atoms with E-state index in [0.717, 1.165) is 6.20 Å². The van der Waals surface area contributed by atoms with E-state index in [9.17, 15) is 18.7 Å². The van der Waals surface area contributed by atoms with Crippen molar-refractivity contribution in [3.63, 3.8) is 0 Å². The number of carbonyl (C=O) groups is 1. The quantitative estimate of drug-likeness (QED) is 0.467. The average molecular weight is 478 g/mol. The van der Waals surface area contributed by atoms with Gasteiger partial charge in [0, 0.05) is 11.6 Å². The second-order valence-electron chi connectivity index (χ2n) is 8.34. The number of primary amides is 1. The van der Waals surface area contributed by atoms with Crippen LogP contribution < -0.4 is 15.2 Å². The summed E-state index contributed by atoms with van der Waals surface area (Å²) in [5.41, 5.74) is 5.09. The van der Waals surface area contributed by atoms with Gasteiger partial charge in [0.15, 0.2) is 0 Å². The van der Waals surface area contributed by atoms with Crippen LogP contribution in [0.1, 0.15) is 26.7 Å². The van der Waals surface area contributed by atoms with Crippen LogP contribution in [-0.4, -0.2) is 45.1 Å². The maximum absolute atomic E-state index is 12.3. The number of aliphatic hydroxyl groups is 1. The molecular formula is C22H24F2N4O6. The Bertz CT molecular complexity index is 1100. The number of hydrogen-bond donors (Lipinski definition) is 2. The van der Waals surface area contributed by atoms with Crippen LogP contribution in [0.5, 0.6) is 17.4 Å². The fourth-order valence-electron chi connectivity index (χ4n) is 2.97. The molecule has 182 valence electrons. The van der Waals surface area contributed by atoms with E-state index in [-0.39, 0.29) is 29.8 Å². The number of carbonyl (C=O) groups excluding carboxylic acids is 1. The zero-order valence-electron chi connectivity index (χ0n) is 18.6. The first-order valence-electron chi connectivity index (χ1n) is 10.2. The Hall–Kier alpha value is -3.80. The topological polar surface area (TPSA) is 143 Å². The van der Waals surface area contributed by atoms with Gasteiger partial charge in [-0.3, -0.25) is 0 Å². The summed E-state index contributed by atoms with van der Waals surface area (Å²) < 4.78 is 44.7. The highest BCUT2D eigenvalue weighted by Gasteiger charge is 2.34. The predicted molar refractivity (Wildman–Crippen MR) is 114 cm³/mol. The van der Waals surface area contributed by atoms with Crippen LogP contribution in [-0.2, 0) is 11.2 Å². The lowest BCUT2D eigenvalue weighted by Crippen LogP contribution is -2.42. The molecule has 1 aromatic carbocycles. The number of benzene rings is 1. The number of nitrogens with zero attached hydrogens (tertiary/aromatic N) is 3. The summed E-state index contributed by atoms with van der Waals surface area (Å²) >= 11 is 0. The molecule has 0 aliphatic heterocycles. The highest BCUT2D eigenvalue weighted by atomic mass is 19.3. The average Bonchev–Trinajstić information content (AvgIpc) is 3.22. The van der Waals surface area contributed by atoms with Crippen LogP contribution in [0.2, 0.25) is 0 Å². The Morgan fingerprint density at radius 3 is 2.59 bits per heavy atom. The van der Waals surface area contributed by atoms with E-state index in [1.54, 1.807) is 45.0 Å². The molecule has 0 aliphatic rings. The van der Waals surface area contributed by atoms with E-state index >= 15 is 0 Å². The summed E-state index contributed by atoms with van der Waals surface area (Å²) in [4.78, 5) is 19.5. The maximum atomic E-state index is 12.3. The molecule has 3 rings (SSSR count). The van der Waals surface area contributed by atoms with Gasteiger partial charge in [0.05, 0.1) is 18.7 Å². The van der Waals surface area contributed by atoms with Crippen molar-refractivity contribution < 1.29 is 37.4 Å². The molecule has 2 aromatic heterocycles. The summed E-state index contributed by atoms with van der Waals surface area (Å²) in [6.07, 6.45) is -1.96. The Morgan fingerprint density at radius 1 is 1.21 bits per heavy atom. The molecule has 2 heterocycles. The van der Waals surface area contributed by atoms with Gasteiger partial charge in [-0.1, -0.05) is 38.1 Å². The molecule has 0 aliphatic carbocycles. The van der Waals surface area contributed by atoms with E-state index in [4.69, 9.17) is 19.7 Å². The number of hydrogen-bond acceptors (Lipinski definition) is 9. The number of nitrogens with two attached hydrogens (primary N) is 1. The number of rotatable bonds is 9. The number of amides is 1. The highest BCUT2D eigenvalue weighted by molar-refractivity contribution is 5.65. The SMILES string of the molecule is CC(C)(C)C(O)C(Cc1nc(-c2cccc(Oc3ccc(OC(F)F)cn3)c2)no1)OC(N)=O. The smallest absolute Gasteiger partial charge is 0.404 e. The van der Waals surface area contributed by atoms with Gasteiger partial charge >= 0.3 is 12.7 Å². The molecule has 0 fully saturated rings. The molecule has 10 nitrogen and oxygen atoms in total. The first-order valence-corrected chi connectivity index (χ1v) is 10.2. The maximum Gasteiger partial charge on any atom is 0.404 e. The van der Waals surface area contributed by atoms with Gasteiger partial charge in [0.1, 0.15) is 17.6 Å². The van der Waals surface area contributed by atoms with E-state index in [1.807, 2.05) is 0 Å². The third-order valence-corrected chi connectivity index (χ3v) is 4.60. The summed E-state index contributed by atoms with van der Waals surface area (Å²) in [6.45, 7) is 2.41. The number of aromatic nitrogens is 3. The number of ether oxygens (including phenoxy) is 3. The second kappa shape index (κ2) is 10.4. The lowest BCUT2D eigenvalue weighted by Gasteiger charge is -2.31. The number of halogens is 2. The van der Waals surface area contributed by atoms with Crippen LogP contribution in [0.15, 0.2) is 47.1 Å². The predicted octanol–water partition coefficient (Wildman–Crippen LogP) is 3.94. The fourth-order valence-corrected chi connectivity index (χ4v) is 2.97. The summed E-state index contributed by atoms with van der Waals surface area (Å²) in [6, 6.07) is 9.39. The lowest BCUT2D eigenvalue weighted by atomic mass is 9.85. The Kier molecular flexibility index (Phi) is 7.61. The minimum absolute atomic E-state index is 0.0402. The standard InChI is InChI=1S/C22H24F2N4O6/c1-22(2,3)18(29)15(33-21(25)30)10-17-27-19(28-34-17)12-5-4-6-13(9-12)31-16-8-7-14(11-26-16)32-20(23)24/h4-9,11,15,18,20,29H,10H2,1-3H3,(H2,25,30).